The molecule has 66 valence electrons. The maximum Gasteiger partial charge on any atom is 0.0299 e. The normalized spacial score (nSPS) is 12.8. The van der Waals surface area contributed by atoms with Crippen molar-refractivity contribution in [3.63, 3.8) is 0 Å². The third-order valence-corrected chi connectivity index (χ3v) is 1.97. The number of nitrogens with two attached hydrogens (primary N) is 1. The largest absolute Gasteiger partial charge is 0.330 e. The highest BCUT2D eigenvalue weighted by Gasteiger charge is 2.01. The molecule has 1 atom stereocenters. The molecule has 1 rings (SSSR count). The number of hydrogen-bond donors (Lipinski definition) is 1. The Morgan fingerprint density at radius 2 is 2.42 bits per heavy atom. The van der Waals surface area contributed by atoms with Crippen LogP contribution in [0.2, 0.25) is 0 Å². The molecule has 0 fully saturated rings. The van der Waals surface area contributed by atoms with Gasteiger partial charge in [-0.25, -0.2) is 0 Å². The summed E-state index contributed by atoms with van der Waals surface area (Å²) in [5.41, 5.74) is 6.77. The molecule has 1 heterocycles. The van der Waals surface area contributed by atoms with Crippen LogP contribution in [-0.2, 0) is 6.42 Å². The predicted molar refractivity (Wildman–Crippen MR) is 50.8 cm³/mol. The van der Waals surface area contributed by atoms with Crippen LogP contribution < -0.4 is 5.73 Å². The molecule has 0 radical (unpaired) electrons. The van der Waals surface area contributed by atoms with E-state index in [2.05, 4.69) is 18.0 Å². The Hall–Kier alpha value is -0.890. The van der Waals surface area contributed by atoms with Crippen LogP contribution in [0.1, 0.15) is 18.9 Å². The van der Waals surface area contributed by atoms with Gasteiger partial charge in [0.15, 0.2) is 0 Å². The van der Waals surface area contributed by atoms with Crippen LogP contribution in [0, 0.1) is 5.92 Å². The summed E-state index contributed by atoms with van der Waals surface area (Å²) in [7, 11) is 0. The molecule has 1 aromatic rings. The molecular formula is C10H16N2. The molecule has 1 aromatic heterocycles. The summed E-state index contributed by atoms with van der Waals surface area (Å²) in [5, 5.41) is 0. The van der Waals surface area contributed by atoms with E-state index < -0.39 is 0 Å². The Morgan fingerprint density at radius 3 is 3.00 bits per heavy atom. The standard InChI is InChI=1S/C10H16N2/c1-9(4-5-11)7-10-3-2-6-12-8-10/h2-3,6,8-9H,4-5,7,11H2,1H3. The van der Waals surface area contributed by atoms with Gasteiger partial charge in [0.05, 0.1) is 0 Å². The number of pyridine rings is 1. The quantitative estimate of drug-likeness (QED) is 0.734. The highest BCUT2D eigenvalue weighted by atomic mass is 14.6. The van der Waals surface area contributed by atoms with Crippen LogP contribution in [0.25, 0.3) is 0 Å². The van der Waals surface area contributed by atoms with E-state index in [1.807, 2.05) is 12.3 Å². The molecule has 2 nitrogen and oxygen atoms in total. The van der Waals surface area contributed by atoms with Gasteiger partial charge in [-0.3, -0.25) is 4.98 Å². The summed E-state index contributed by atoms with van der Waals surface area (Å²) in [6.45, 7) is 3.00. The molecule has 0 spiro atoms. The summed E-state index contributed by atoms with van der Waals surface area (Å²) in [6, 6.07) is 4.09. The third kappa shape index (κ3) is 3.01. The molecule has 0 aliphatic rings. The van der Waals surface area contributed by atoms with Gasteiger partial charge in [-0.2, -0.15) is 0 Å². The van der Waals surface area contributed by atoms with Crippen molar-refractivity contribution in [1.29, 1.82) is 0 Å². The lowest BCUT2D eigenvalue weighted by Gasteiger charge is -2.08. The Morgan fingerprint density at radius 1 is 1.58 bits per heavy atom. The minimum absolute atomic E-state index is 0.666. The van der Waals surface area contributed by atoms with E-state index in [4.69, 9.17) is 5.73 Å². The average Bonchev–Trinajstić information content (AvgIpc) is 2.06. The first kappa shape index (κ1) is 9.20. The lowest BCUT2D eigenvalue weighted by molar-refractivity contribution is 0.538. The minimum Gasteiger partial charge on any atom is -0.330 e. The fraction of sp³-hybridized carbons (Fsp3) is 0.500. The van der Waals surface area contributed by atoms with Crippen LogP contribution in [0.5, 0.6) is 0 Å². The third-order valence-electron chi connectivity index (χ3n) is 1.97. The van der Waals surface area contributed by atoms with Crippen molar-refractivity contribution in [3.8, 4) is 0 Å². The summed E-state index contributed by atoms with van der Waals surface area (Å²) in [4.78, 5) is 4.07. The molecule has 2 heteroatoms. The van der Waals surface area contributed by atoms with Crippen molar-refractivity contribution in [2.75, 3.05) is 6.54 Å². The van der Waals surface area contributed by atoms with Gasteiger partial charge in [0.2, 0.25) is 0 Å². The minimum atomic E-state index is 0.666. The molecule has 0 aliphatic heterocycles. The lowest BCUT2D eigenvalue weighted by Crippen LogP contribution is -2.08. The fourth-order valence-electron chi connectivity index (χ4n) is 1.31. The average molecular weight is 164 g/mol. The van der Waals surface area contributed by atoms with Gasteiger partial charge >= 0.3 is 0 Å². The lowest BCUT2D eigenvalue weighted by atomic mass is 9.99. The van der Waals surface area contributed by atoms with E-state index in [1.165, 1.54) is 5.56 Å². The van der Waals surface area contributed by atoms with Crippen molar-refractivity contribution in [1.82, 2.24) is 4.98 Å². The highest BCUT2D eigenvalue weighted by Crippen LogP contribution is 2.09. The van der Waals surface area contributed by atoms with Gasteiger partial charge in [-0.15, -0.1) is 0 Å². The summed E-state index contributed by atoms with van der Waals surface area (Å²) >= 11 is 0. The zero-order valence-electron chi connectivity index (χ0n) is 7.53. The van der Waals surface area contributed by atoms with Crippen LogP contribution in [0.4, 0.5) is 0 Å². The SMILES string of the molecule is CC(CCN)Cc1cccnc1. The summed E-state index contributed by atoms with van der Waals surface area (Å²) in [5.74, 6) is 0.666. The smallest absolute Gasteiger partial charge is 0.0299 e. The van der Waals surface area contributed by atoms with E-state index in [0.29, 0.717) is 5.92 Å². The first-order chi connectivity index (χ1) is 5.83. The van der Waals surface area contributed by atoms with Crippen LogP contribution >= 0.6 is 0 Å². The second-order valence-corrected chi connectivity index (χ2v) is 3.25. The second kappa shape index (κ2) is 4.88. The summed E-state index contributed by atoms with van der Waals surface area (Å²) in [6.07, 6.45) is 5.91. The molecule has 0 aromatic carbocycles. The first-order valence-corrected chi connectivity index (χ1v) is 4.42. The number of aromatic nitrogens is 1. The van der Waals surface area contributed by atoms with Gasteiger partial charge in [-0.1, -0.05) is 13.0 Å². The van der Waals surface area contributed by atoms with E-state index in [9.17, 15) is 0 Å². The fourth-order valence-corrected chi connectivity index (χ4v) is 1.31. The molecule has 2 N–H and O–H groups in total. The Labute approximate surface area is 73.8 Å². The zero-order valence-corrected chi connectivity index (χ0v) is 7.53. The molecule has 12 heavy (non-hydrogen) atoms. The van der Waals surface area contributed by atoms with Gasteiger partial charge < -0.3 is 5.73 Å². The Balaban J connectivity index is 2.41. The van der Waals surface area contributed by atoms with Gasteiger partial charge in [0, 0.05) is 12.4 Å². The number of nitrogens with zero attached hydrogens (tertiary/aromatic N) is 1. The number of hydrogen-bond acceptors (Lipinski definition) is 2. The van der Waals surface area contributed by atoms with E-state index >= 15 is 0 Å². The molecule has 0 amide bonds. The van der Waals surface area contributed by atoms with E-state index in [1.54, 1.807) is 6.20 Å². The van der Waals surface area contributed by atoms with Crippen molar-refractivity contribution in [2.24, 2.45) is 11.7 Å². The van der Waals surface area contributed by atoms with Crippen molar-refractivity contribution >= 4 is 0 Å². The number of rotatable bonds is 4. The van der Waals surface area contributed by atoms with Gasteiger partial charge in [0.25, 0.3) is 0 Å². The van der Waals surface area contributed by atoms with E-state index in [0.717, 1.165) is 19.4 Å². The van der Waals surface area contributed by atoms with Crippen LogP contribution in [-0.4, -0.2) is 11.5 Å². The first-order valence-electron chi connectivity index (χ1n) is 4.42. The highest BCUT2D eigenvalue weighted by molar-refractivity contribution is 5.08. The molecule has 0 aliphatic carbocycles. The van der Waals surface area contributed by atoms with Crippen molar-refractivity contribution < 1.29 is 0 Å². The molecule has 1 unspecified atom stereocenters. The van der Waals surface area contributed by atoms with Crippen molar-refractivity contribution in [3.05, 3.63) is 30.1 Å². The molecular weight excluding hydrogens is 148 g/mol. The molecule has 0 saturated heterocycles. The second-order valence-electron chi connectivity index (χ2n) is 3.25. The maximum absolute atomic E-state index is 5.47. The van der Waals surface area contributed by atoms with E-state index in [-0.39, 0.29) is 0 Å². The molecule has 0 bridgehead atoms. The maximum atomic E-state index is 5.47. The van der Waals surface area contributed by atoms with Crippen LogP contribution in [0.3, 0.4) is 0 Å². The van der Waals surface area contributed by atoms with Crippen molar-refractivity contribution in [2.45, 2.75) is 19.8 Å². The predicted octanol–water partition coefficient (Wildman–Crippen LogP) is 1.61. The monoisotopic (exact) mass is 164 g/mol. The van der Waals surface area contributed by atoms with Gasteiger partial charge in [-0.05, 0) is 36.9 Å². The van der Waals surface area contributed by atoms with Gasteiger partial charge in [0.1, 0.15) is 0 Å². The Kier molecular flexibility index (Phi) is 3.74. The molecule has 0 saturated carbocycles. The topological polar surface area (TPSA) is 38.9 Å². The van der Waals surface area contributed by atoms with Crippen LogP contribution in [0.15, 0.2) is 24.5 Å². The summed E-state index contributed by atoms with van der Waals surface area (Å²) < 4.78 is 0. The Bertz CT molecular complexity index is 208. The zero-order chi connectivity index (χ0) is 8.81.